The molecule has 0 aliphatic heterocycles. The van der Waals surface area contributed by atoms with E-state index in [1.165, 1.54) is 10.4 Å². The van der Waals surface area contributed by atoms with E-state index in [2.05, 4.69) is 30.3 Å². The van der Waals surface area contributed by atoms with Crippen molar-refractivity contribution in [3.8, 4) is 32.0 Å². The number of hydrogen-bond donors (Lipinski definition) is 0. The Balaban J connectivity index is 1.84. The smallest absolute Gasteiger partial charge is 0.101 e. The molecule has 4 aromatic rings. The molecule has 0 aliphatic rings. The molecule has 0 nitrogen and oxygen atoms in total. The summed E-state index contributed by atoms with van der Waals surface area (Å²) in [5.74, 6) is 0. The summed E-state index contributed by atoms with van der Waals surface area (Å²) >= 11 is 16.0. The summed E-state index contributed by atoms with van der Waals surface area (Å²) in [5.41, 5.74) is 4.53. The molecule has 0 atom stereocenters. The van der Waals surface area contributed by atoms with Gasteiger partial charge in [0.2, 0.25) is 0 Å². The fourth-order valence-corrected chi connectivity index (χ4v) is 5.35. The highest BCUT2D eigenvalue weighted by Gasteiger charge is 2.17. The van der Waals surface area contributed by atoms with E-state index in [0.717, 1.165) is 30.2 Å². The zero-order chi connectivity index (χ0) is 16.5. The van der Waals surface area contributed by atoms with E-state index in [9.17, 15) is 0 Å². The van der Waals surface area contributed by atoms with Crippen LogP contribution < -0.4 is 0 Å². The highest BCUT2D eigenvalue weighted by molar-refractivity contribution is 7.26. The first-order valence-corrected chi connectivity index (χ1v) is 9.81. The van der Waals surface area contributed by atoms with E-state index in [4.69, 9.17) is 23.2 Å². The number of hydrogen-bond acceptors (Lipinski definition) is 2. The van der Waals surface area contributed by atoms with Crippen molar-refractivity contribution >= 4 is 45.9 Å². The van der Waals surface area contributed by atoms with Crippen molar-refractivity contribution in [1.29, 1.82) is 0 Å². The second-order valence-corrected chi connectivity index (χ2v) is 8.66. The second-order valence-electron chi connectivity index (χ2n) is 5.32. The van der Waals surface area contributed by atoms with Gasteiger partial charge < -0.3 is 0 Å². The fourth-order valence-electron chi connectivity index (χ4n) is 2.67. The van der Waals surface area contributed by atoms with Crippen LogP contribution in [0.15, 0.2) is 72.8 Å². The molecule has 0 spiro atoms. The minimum atomic E-state index is 0.787. The standard InChI is InChI=1S/C20H12Cl2S2/c21-18-12-15(13-7-3-1-4-8-13)19(24-18)17-11-16(20(22)23-17)14-9-5-2-6-10-14/h1-12H. The molecule has 4 heteroatoms. The summed E-state index contributed by atoms with van der Waals surface area (Å²) in [6.45, 7) is 0. The maximum atomic E-state index is 6.52. The maximum Gasteiger partial charge on any atom is 0.101 e. The molecule has 0 saturated heterocycles. The zero-order valence-corrected chi connectivity index (χ0v) is 15.6. The van der Waals surface area contributed by atoms with Crippen molar-refractivity contribution in [1.82, 2.24) is 0 Å². The Labute approximate surface area is 158 Å². The molecule has 0 bridgehead atoms. The van der Waals surface area contributed by atoms with Crippen molar-refractivity contribution < 1.29 is 0 Å². The molecule has 118 valence electrons. The fraction of sp³-hybridized carbons (Fsp3) is 0. The van der Waals surface area contributed by atoms with E-state index in [1.807, 2.05) is 42.5 Å². The summed E-state index contributed by atoms with van der Waals surface area (Å²) in [6.07, 6.45) is 0. The molecule has 2 aromatic heterocycles. The predicted molar refractivity (Wildman–Crippen MR) is 109 cm³/mol. The second kappa shape index (κ2) is 6.73. The summed E-state index contributed by atoms with van der Waals surface area (Å²) in [6, 6.07) is 24.7. The Hall–Kier alpha value is -1.58. The third kappa shape index (κ3) is 3.03. The lowest BCUT2D eigenvalue weighted by Crippen LogP contribution is -1.76. The Kier molecular flexibility index (Phi) is 4.47. The van der Waals surface area contributed by atoms with Crippen molar-refractivity contribution in [2.75, 3.05) is 0 Å². The first-order valence-electron chi connectivity index (χ1n) is 7.42. The van der Waals surface area contributed by atoms with Crippen molar-refractivity contribution in [2.45, 2.75) is 0 Å². The van der Waals surface area contributed by atoms with Crippen LogP contribution in [-0.4, -0.2) is 0 Å². The van der Waals surface area contributed by atoms with Gasteiger partial charge in [0.25, 0.3) is 0 Å². The molecule has 0 N–H and O–H groups in total. The highest BCUT2D eigenvalue weighted by Crippen LogP contribution is 2.47. The van der Waals surface area contributed by atoms with Crippen LogP contribution in [0.5, 0.6) is 0 Å². The number of thiophene rings is 2. The first kappa shape index (κ1) is 15.9. The molecule has 0 unspecified atom stereocenters. The summed E-state index contributed by atoms with van der Waals surface area (Å²) in [7, 11) is 0. The molecule has 2 aromatic carbocycles. The largest absolute Gasteiger partial charge is 0.122 e. The van der Waals surface area contributed by atoms with Crippen molar-refractivity contribution in [3.05, 3.63) is 81.5 Å². The van der Waals surface area contributed by atoms with Crippen LogP contribution >= 0.6 is 45.9 Å². The minimum absolute atomic E-state index is 0.787. The van der Waals surface area contributed by atoms with E-state index >= 15 is 0 Å². The predicted octanol–water partition coefficient (Wildman–Crippen LogP) is 8.12. The molecule has 2 heterocycles. The molecule has 4 rings (SSSR count). The van der Waals surface area contributed by atoms with Gasteiger partial charge in [-0.3, -0.25) is 0 Å². The lowest BCUT2D eigenvalue weighted by atomic mass is 10.1. The molecular formula is C20H12Cl2S2. The van der Waals surface area contributed by atoms with Crippen LogP contribution in [0, 0.1) is 0 Å². The van der Waals surface area contributed by atoms with Crippen LogP contribution in [0.1, 0.15) is 0 Å². The average molecular weight is 387 g/mol. The Morgan fingerprint density at radius 3 is 1.83 bits per heavy atom. The van der Waals surface area contributed by atoms with E-state index in [1.54, 1.807) is 22.7 Å². The monoisotopic (exact) mass is 386 g/mol. The third-order valence-corrected chi connectivity index (χ3v) is 6.58. The van der Waals surface area contributed by atoms with Gasteiger partial charge in [-0.15, -0.1) is 22.7 Å². The summed E-state index contributed by atoms with van der Waals surface area (Å²) in [5, 5.41) is 0. The zero-order valence-electron chi connectivity index (χ0n) is 12.5. The molecule has 0 amide bonds. The SMILES string of the molecule is Clc1cc(-c2ccccc2)c(-c2cc(-c3ccccc3)c(Cl)s2)s1. The average Bonchev–Trinajstić information content (AvgIpc) is 3.19. The molecule has 0 radical (unpaired) electrons. The van der Waals surface area contributed by atoms with Gasteiger partial charge in [-0.25, -0.2) is 0 Å². The van der Waals surface area contributed by atoms with Gasteiger partial charge in [-0.05, 0) is 23.3 Å². The molecule has 0 fully saturated rings. The number of halogens is 2. The molecule has 0 aliphatic carbocycles. The van der Waals surface area contributed by atoms with E-state index in [0.29, 0.717) is 0 Å². The van der Waals surface area contributed by atoms with E-state index in [-0.39, 0.29) is 0 Å². The van der Waals surface area contributed by atoms with Crippen LogP contribution in [0.25, 0.3) is 32.0 Å². The van der Waals surface area contributed by atoms with Gasteiger partial charge in [-0.2, -0.15) is 0 Å². The van der Waals surface area contributed by atoms with Crippen LogP contribution in [0.4, 0.5) is 0 Å². The lowest BCUT2D eigenvalue weighted by molar-refractivity contribution is 1.67. The van der Waals surface area contributed by atoms with E-state index < -0.39 is 0 Å². The summed E-state index contributed by atoms with van der Waals surface area (Å²) in [4.78, 5) is 2.31. The van der Waals surface area contributed by atoms with Crippen LogP contribution in [0.2, 0.25) is 8.67 Å². The van der Waals surface area contributed by atoms with Gasteiger partial charge in [0.1, 0.15) is 4.34 Å². The van der Waals surface area contributed by atoms with Crippen LogP contribution in [0.3, 0.4) is 0 Å². The van der Waals surface area contributed by atoms with Gasteiger partial charge in [0.15, 0.2) is 0 Å². The normalized spacial score (nSPS) is 10.9. The first-order chi connectivity index (χ1) is 11.7. The summed E-state index contributed by atoms with van der Waals surface area (Å²) < 4.78 is 1.59. The maximum absolute atomic E-state index is 6.52. The van der Waals surface area contributed by atoms with Crippen molar-refractivity contribution in [2.24, 2.45) is 0 Å². The van der Waals surface area contributed by atoms with Crippen molar-refractivity contribution in [3.63, 3.8) is 0 Å². The minimum Gasteiger partial charge on any atom is -0.122 e. The Morgan fingerprint density at radius 1 is 0.625 bits per heavy atom. The number of rotatable bonds is 3. The quantitative estimate of drug-likeness (QED) is 0.333. The lowest BCUT2D eigenvalue weighted by Gasteiger charge is -2.01. The third-order valence-electron chi connectivity index (χ3n) is 3.78. The van der Waals surface area contributed by atoms with Gasteiger partial charge >= 0.3 is 0 Å². The molecule has 0 saturated carbocycles. The number of benzene rings is 2. The molecular weight excluding hydrogens is 375 g/mol. The van der Waals surface area contributed by atoms with Gasteiger partial charge in [0, 0.05) is 16.0 Å². The Bertz CT molecular complexity index is 970. The highest BCUT2D eigenvalue weighted by atomic mass is 35.5. The Morgan fingerprint density at radius 2 is 1.21 bits per heavy atom. The molecule has 24 heavy (non-hydrogen) atoms. The van der Waals surface area contributed by atoms with Gasteiger partial charge in [0.05, 0.1) is 9.21 Å². The van der Waals surface area contributed by atoms with Gasteiger partial charge in [-0.1, -0.05) is 83.9 Å². The topological polar surface area (TPSA) is 0 Å². The van der Waals surface area contributed by atoms with Crippen LogP contribution in [-0.2, 0) is 0 Å².